The van der Waals surface area contributed by atoms with E-state index in [-0.39, 0.29) is 0 Å². The van der Waals surface area contributed by atoms with Gasteiger partial charge in [-0.3, -0.25) is 10.4 Å². The molecule has 1 aliphatic rings. The third-order valence-electron chi connectivity index (χ3n) is 4.66. The summed E-state index contributed by atoms with van der Waals surface area (Å²) < 4.78 is 7.76. The van der Waals surface area contributed by atoms with Crippen molar-refractivity contribution in [2.45, 2.75) is 26.9 Å². The Hall–Kier alpha value is -2.73. The molecule has 1 N–H and O–H groups in total. The first-order valence-corrected chi connectivity index (χ1v) is 9.92. The van der Waals surface area contributed by atoms with Gasteiger partial charge < -0.3 is 8.98 Å². The highest BCUT2D eigenvalue weighted by atomic mass is 32.2. The molecule has 0 saturated carbocycles. The van der Waals surface area contributed by atoms with Crippen LogP contribution in [0, 0.1) is 13.8 Å². The second-order valence-corrected chi connectivity index (χ2v) is 7.48. The summed E-state index contributed by atoms with van der Waals surface area (Å²) in [5, 5.41) is 5.45. The number of thioether (sulfide) groups is 1. The number of nitrogens with zero attached hydrogens (tertiary/aromatic N) is 3. The predicted octanol–water partition coefficient (Wildman–Crippen LogP) is 4.34. The number of furan rings is 1. The molecule has 0 saturated heterocycles. The molecule has 0 atom stereocenters. The number of aliphatic imine (C=N–C) groups is 1. The fourth-order valence-electron chi connectivity index (χ4n) is 3.18. The quantitative estimate of drug-likeness (QED) is 0.718. The highest BCUT2D eigenvalue weighted by molar-refractivity contribution is 8.14. The van der Waals surface area contributed by atoms with Gasteiger partial charge in [0, 0.05) is 22.7 Å². The molecule has 2 aromatic heterocycles. The average molecular weight is 379 g/mol. The first-order valence-electron chi connectivity index (χ1n) is 8.94. The Morgan fingerprint density at radius 2 is 2.04 bits per heavy atom. The average Bonchev–Trinajstić information content (AvgIpc) is 3.31. The summed E-state index contributed by atoms with van der Waals surface area (Å²) >= 11 is 1.69. The Labute approximate surface area is 163 Å². The van der Waals surface area contributed by atoms with E-state index in [0.29, 0.717) is 6.54 Å². The summed E-state index contributed by atoms with van der Waals surface area (Å²) in [6.45, 7) is 5.66. The molecule has 0 aliphatic carbocycles. The van der Waals surface area contributed by atoms with Crippen LogP contribution >= 0.6 is 11.8 Å². The van der Waals surface area contributed by atoms with Crippen molar-refractivity contribution in [3.8, 4) is 0 Å². The normalized spacial score (nSPS) is 15.6. The van der Waals surface area contributed by atoms with Gasteiger partial charge in [0.2, 0.25) is 0 Å². The fourth-order valence-corrected chi connectivity index (χ4v) is 3.94. The molecule has 0 unspecified atom stereocenters. The molecular weight excluding hydrogens is 356 g/mol. The van der Waals surface area contributed by atoms with Crippen LogP contribution in [0.3, 0.4) is 0 Å². The highest BCUT2D eigenvalue weighted by Crippen LogP contribution is 2.22. The van der Waals surface area contributed by atoms with Crippen LogP contribution in [0.25, 0.3) is 0 Å². The number of hydrogen-bond donors (Lipinski definition) is 1. The minimum atomic E-state index is 0.665. The number of benzene rings is 1. The van der Waals surface area contributed by atoms with E-state index in [1.54, 1.807) is 18.0 Å². The third kappa shape index (κ3) is 4.01. The minimum absolute atomic E-state index is 0.665. The standard InChI is InChI=1S/C21H22N4OS/c1-15-11-19(16(2)25(15)13-18-9-6-10-26-18)20-14-27-21(24-23-20)22-12-17-7-4-3-5-8-17/h3-11H,12-14H2,1-2H3,(H,22,24). The van der Waals surface area contributed by atoms with Crippen molar-refractivity contribution >= 4 is 22.6 Å². The topological polar surface area (TPSA) is 54.8 Å². The number of hydrazone groups is 1. The summed E-state index contributed by atoms with van der Waals surface area (Å²) in [6, 6.07) is 16.4. The molecular formula is C21H22N4OS. The first-order chi connectivity index (χ1) is 13.2. The van der Waals surface area contributed by atoms with Crippen LogP contribution in [0.15, 0.2) is 69.3 Å². The van der Waals surface area contributed by atoms with Crippen molar-refractivity contribution in [3.63, 3.8) is 0 Å². The molecule has 1 aromatic carbocycles. The van der Waals surface area contributed by atoms with Gasteiger partial charge in [-0.05, 0) is 37.6 Å². The third-order valence-corrected chi connectivity index (χ3v) is 5.57. The van der Waals surface area contributed by atoms with E-state index >= 15 is 0 Å². The molecule has 6 heteroatoms. The molecule has 0 amide bonds. The molecule has 138 valence electrons. The van der Waals surface area contributed by atoms with Crippen molar-refractivity contribution < 1.29 is 4.42 Å². The van der Waals surface area contributed by atoms with Gasteiger partial charge in [0.1, 0.15) is 5.76 Å². The van der Waals surface area contributed by atoms with E-state index < -0.39 is 0 Å². The Morgan fingerprint density at radius 3 is 2.74 bits per heavy atom. The van der Waals surface area contributed by atoms with E-state index in [1.807, 2.05) is 30.3 Å². The molecule has 27 heavy (non-hydrogen) atoms. The van der Waals surface area contributed by atoms with Crippen molar-refractivity contribution in [2.75, 3.05) is 5.75 Å². The number of amidine groups is 1. The highest BCUT2D eigenvalue weighted by Gasteiger charge is 2.19. The van der Waals surface area contributed by atoms with Crippen LogP contribution in [0.4, 0.5) is 0 Å². The van der Waals surface area contributed by atoms with E-state index in [1.165, 1.54) is 22.5 Å². The molecule has 3 aromatic rings. The van der Waals surface area contributed by atoms with Gasteiger partial charge in [-0.1, -0.05) is 42.1 Å². The summed E-state index contributed by atoms with van der Waals surface area (Å²) in [5.41, 5.74) is 8.95. The Morgan fingerprint density at radius 1 is 1.19 bits per heavy atom. The van der Waals surface area contributed by atoms with Crippen LogP contribution in [0.1, 0.15) is 28.3 Å². The van der Waals surface area contributed by atoms with E-state index in [0.717, 1.165) is 28.9 Å². The lowest BCUT2D eigenvalue weighted by Crippen LogP contribution is -2.25. The number of hydrogen-bond acceptors (Lipinski definition) is 4. The molecule has 0 fully saturated rings. The van der Waals surface area contributed by atoms with Gasteiger partial charge in [-0.15, -0.1) is 0 Å². The monoisotopic (exact) mass is 378 g/mol. The second-order valence-electron chi connectivity index (χ2n) is 6.52. The maximum atomic E-state index is 5.50. The van der Waals surface area contributed by atoms with Gasteiger partial charge in [0.25, 0.3) is 0 Å². The number of rotatable bonds is 5. The fraction of sp³-hybridized carbons (Fsp3) is 0.238. The zero-order valence-electron chi connectivity index (χ0n) is 15.5. The van der Waals surface area contributed by atoms with Gasteiger partial charge in [0.05, 0.1) is 25.1 Å². The van der Waals surface area contributed by atoms with Gasteiger partial charge in [0.15, 0.2) is 5.17 Å². The molecule has 0 spiro atoms. The number of nitrogens with one attached hydrogen (secondary N) is 1. The zero-order valence-corrected chi connectivity index (χ0v) is 16.3. The number of aromatic nitrogens is 1. The first kappa shape index (κ1) is 17.7. The summed E-state index contributed by atoms with van der Waals surface area (Å²) in [6.07, 6.45) is 1.71. The van der Waals surface area contributed by atoms with Gasteiger partial charge >= 0.3 is 0 Å². The van der Waals surface area contributed by atoms with E-state index in [9.17, 15) is 0 Å². The lowest BCUT2D eigenvalue weighted by Gasteiger charge is -2.15. The summed E-state index contributed by atoms with van der Waals surface area (Å²) in [5.74, 6) is 1.77. The summed E-state index contributed by atoms with van der Waals surface area (Å²) in [7, 11) is 0. The van der Waals surface area contributed by atoms with Crippen molar-refractivity contribution in [1.29, 1.82) is 0 Å². The Bertz CT molecular complexity index is 971. The van der Waals surface area contributed by atoms with Crippen LogP contribution in [-0.4, -0.2) is 21.2 Å². The van der Waals surface area contributed by atoms with Gasteiger partial charge in [-0.2, -0.15) is 5.10 Å². The zero-order chi connectivity index (χ0) is 18.6. The largest absolute Gasteiger partial charge is 0.467 e. The summed E-state index contributed by atoms with van der Waals surface area (Å²) in [4.78, 5) is 4.62. The molecule has 5 nitrogen and oxygen atoms in total. The second kappa shape index (κ2) is 7.88. The lowest BCUT2D eigenvalue weighted by molar-refractivity contribution is 0.489. The van der Waals surface area contributed by atoms with E-state index in [4.69, 9.17) is 4.42 Å². The Balaban J connectivity index is 1.48. The molecule has 1 aliphatic heterocycles. The molecule has 3 heterocycles. The van der Waals surface area contributed by atoms with Crippen LogP contribution in [-0.2, 0) is 13.1 Å². The van der Waals surface area contributed by atoms with Crippen molar-refractivity contribution in [3.05, 3.63) is 83.1 Å². The Kier molecular flexibility index (Phi) is 5.16. The maximum Gasteiger partial charge on any atom is 0.177 e. The predicted molar refractivity (Wildman–Crippen MR) is 111 cm³/mol. The van der Waals surface area contributed by atoms with E-state index in [2.05, 4.69) is 52.1 Å². The van der Waals surface area contributed by atoms with Crippen molar-refractivity contribution in [1.82, 2.24) is 9.99 Å². The van der Waals surface area contributed by atoms with Crippen molar-refractivity contribution in [2.24, 2.45) is 10.1 Å². The maximum absolute atomic E-state index is 5.50. The van der Waals surface area contributed by atoms with Crippen LogP contribution < -0.4 is 5.43 Å². The minimum Gasteiger partial charge on any atom is -0.467 e. The van der Waals surface area contributed by atoms with Crippen LogP contribution in [0.5, 0.6) is 0 Å². The van der Waals surface area contributed by atoms with Crippen LogP contribution in [0.2, 0.25) is 0 Å². The molecule has 0 radical (unpaired) electrons. The smallest absolute Gasteiger partial charge is 0.177 e. The molecule has 0 bridgehead atoms. The van der Waals surface area contributed by atoms with Gasteiger partial charge in [-0.25, -0.2) is 0 Å². The number of aryl methyl sites for hydroxylation is 1. The molecule has 4 rings (SSSR count). The lowest BCUT2D eigenvalue weighted by atomic mass is 10.1. The SMILES string of the molecule is Cc1cc(C2=NNC(=NCc3ccccc3)SC2)c(C)n1Cc1ccco1.